The van der Waals surface area contributed by atoms with Crippen molar-refractivity contribution in [2.24, 2.45) is 0 Å². The first-order chi connectivity index (χ1) is 18.9. The molecule has 2 amide bonds. The molecule has 0 saturated heterocycles. The maximum Gasteiger partial charge on any atom is 0.435 e. The minimum Gasteiger partial charge on any atom is -0.320 e. The number of nitriles is 1. The van der Waals surface area contributed by atoms with Crippen LogP contribution in [0, 0.1) is 23.0 Å². The number of anilines is 2. The highest BCUT2D eigenvalue weighted by atomic mass is 79.9. The van der Waals surface area contributed by atoms with Gasteiger partial charge in [-0.25, -0.2) is 13.2 Å². The molecule has 3 aromatic carbocycles. The summed E-state index contributed by atoms with van der Waals surface area (Å²) in [5.74, 6) is -4.19. The van der Waals surface area contributed by atoms with Gasteiger partial charge < -0.3 is 5.32 Å². The molecule has 3 aromatic rings. The summed E-state index contributed by atoms with van der Waals surface area (Å²) in [5.41, 5.74) is -9.49. The zero-order valence-corrected chi connectivity index (χ0v) is 22.9. The number of halogens is 11. The summed E-state index contributed by atoms with van der Waals surface area (Å²) < 4.78 is 121. The number of amides is 2. The molecule has 0 aliphatic carbocycles. The van der Waals surface area contributed by atoms with Crippen LogP contribution in [-0.4, -0.2) is 30.7 Å². The molecular weight excluding hydrogens is 705 g/mol. The van der Waals surface area contributed by atoms with E-state index in [1.807, 2.05) is 0 Å². The van der Waals surface area contributed by atoms with E-state index in [0.29, 0.717) is 4.90 Å². The molecule has 0 heterocycles. The third kappa shape index (κ3) is 6.20. The molecule has 41 heavy (non-hydrogen) atoms. The van der Waals surface area contributed by atoms with Gasteiger partial charge >= 0.3 is 18.0 Å². The highest BCUT2D eigenvalue weighted by Gasteiger charge is 2.73. The van der Waals surface area contributed by atoms with Crippen LogP contribution in [0.2, 0.25) is 0 Å². The number of nitrogens with zero attached hydrogens (tertiary/aromatic N) is 2. The minimum atomic E-state index is -6.39. The van der Waals surface area contributed by atoms with Crippen LogP contribution >= 0.6 is 31.9 Å². The number of hydrogen-bond donors (Lipinski definition) is 1. The van der Waals surface area contributed by atoms with Crippen molar-refractivity contribution in [2.45, 2.75) is 18.0 Å². The van der Waals surface area contributed by atoms with Gasteiger partial charge in [0, 0.05) is 20.1 Å². The van der Waals surface area contributed by atoms with Crippen molar-refractivity contribution in [3.63, 3.8) is 0 Å². The van der Waals surface area contributed by atoms with Crippen LogP contribution in [0.3, 0.4) is 0 Å². The standard InChI is InChI=1S/C25H12Br2F9N3O2/c26-16-10-13(23(30,24(31,32)33)25(34,35)36)11-17(27)20(16)38-21(40)15-2-1-3-18(19(15)29)39(9-8-37)22(41)12-4-6-14(28)7-5-12/h1-7,10-11H,9H2,(H,38,40). The molecule has 0 fully saturated rings. The number of rotatable bonds is 6. The fourth-order valence-electron chi connectivity index (χ4n) is 3.55. The Morgan fingerprint density at radius 3 is 1.90 bits per heavy atom. The Kier molecular flexibility index (Phi) is 9.14. The second kappa shape index (κ2) is 11.7. The largest absolute Gasteiger partial charge is 0.435 e. The fourth-order valence-corrected chi connectivity index (χ4v) is 4.93. The van der Waals surface area contributed by atoms with Gasteiger partial charge in [-0.3, -0.25) is 14.5 Å². The molecule has 0 radical (unpaired) electrons. The lowest BCUT2D eigenvalue weighted by Gasteiger charge is -2.31. The maximum atomic E-state index is 15.5. The molecule has 16 heteroatoms. The minimum absolute atomic E-state index is 0.120. The molecule has 216 valence electrons. The topological polar surface area (TPSA) is 73.2 Å². The van der Waals surface area contributed by atoms with Crippen molar-refractivity contribution in [1.29, 1.82) is 5.26 Å². The molecule has 0 bridgehead atoms. The summed E-state index contributed by atoms with van der Waals surface area (Å²) in [6.07, 6.45) is -12.8. The average molecular weight is 717 g/mol. The van der Waals surface area contributed by atoms with Gasteiger partial charge in [0.25, 0.3) is 11.8 Å². The Morgan fingerprint density at radius 1 is 0.878 bits per heavy atom. The van der Waals surface area contributed by atoms with E-state index in [2.05, 4.69) is 37.2 Å². The molecule has 0 atom stereocenters. The van der Waals surface area contributed by atoms with E-state index in [1.165, 1.54) is 0 Å². The molecule has 1 N–H and O–H groups in total. The van der Waals surface area contributed by atoms with Crippen LogP contribution in [0.5, 0.6) is 0 Å². The Balaban J connectivity index is 2.00. The molecular formula is C25H12Br2F9N3O2. The van der Waals surface area contributed by atoms with Crippen LogP contribution in [-0.2, 0) is 5.67 Å². The molecule has 0 aliphatic rings. The Hall–Kier alpha value is -3.58. The van der Waals surface area contributed by atoms with Crippen molar-refractivity contribution in [2.75, 3.05) is 16.8 Å². The Bertz CT molecular complexity index is 1500. The van der Waals surface area contributed by atoms with Gasteiger partial charge in [0.05, 0.1) is 23.0 Å². The lowest BCUT2D eigenvalue weighted by molar-refractivity contribution is -0.348. The smallest absolute Gasteiger partial charge is 0.320 e. The third-order valence-electron chi connectivity index (χ3n) is 5.54. The highest BCUT2D eigenvalue weighted by molar-refractivity contribution is 9.11. The number of benzene rings is 3. The van der Waals surface area contributed by atoms with Gasteiger partial charge in [-0.05, 0) is 80.4 Å². The summed E-state index contributed by atoms with van der Waals surface area (Å²) in [5, 5.41) is 11.2. The van der Waals surface area contributed by atoms with Crippen LogP contribution < -0.4 is 10.2 Å². The Morgan fingerprint density at radius 2 is 1.41 bits per heavy atom. The maximum absolute atomic E-state index is 15.5. The molecule has 0 unspecified atom stereocenters. The molecule has 5 nitrogen and oxygen atoms in total. The van der Waals surface area contributed by atoms with E-state index in [1.54, 1.807) is 6.07 Å². The van der Waals surface area contributed by atoms with E-state index in [0.717, 1.165) is 42.5 Å². The summed E-state index contributed by atoms with van der Waals surface area (Å²) in [6, 6.07) is 9.17. The van der Waals surface area contributed by atoms with E-state index in [9.17, 15) is 44.7 Å². The van der Waals surface area contributed by atoms with Crippen molar-refractivity contribution >= 4 is 55.0 Å². The van der Waals surface area contributed by atoms with Gasteiger partial charge in [0.2, 0.25) is 0 Å². The number of nitrogens with one attached hydrogen (secondary N) is 1. The first-order valence-corrected chi connectivity index (χ1v) is 12.4. The SMILES string of the molecule is N#CCN(C(=O)c1ccc(F)cc1)c1cccc(C(=O)Nc2c(Br)cc(C(F)(C(F)(F)F)C(F)(F)F)cc2Br)c1F. The monoisotopic (exact) mass is 715 g/mol. The Labute approximate surface area is 241 Å². The number of carbonyl (C=O) groups excluding carboxylic acids is 2. The lowest BCUT2D eigenvalue weighted by atomic mass is 9.94. The molecule has 3 rings (SSSR count). The number of alkyl halides is 7. The van der Waals surface area contributed by atoms with Gasteiger partial charge in [0.1, 0.15) is 12.4 Å². The zero-order chi connectivity index (χ0) is 30.9. The summed E-state index contributed by atoms with van der Waals surface area (Å²) in [6.45, 7) is -0.694. The van der Waals surface area contributed by atoms with Crippen molar-refractivity contribution < 1.29 is 49.1 Å². The highest BCUT2D eigenvalue weighted by Crippen LogP contribution is 2.54. The average Bonchev–Trinajstić information content (AvgIpc) is 2.87. The van der Waals surface area contributed by atoms with E-state index in [4.69, 9.17) is 5.26 Å². The van der Waals surface area contributed by atoms with E-state index < -0.39 is 79.5 Å². The molecule has 0 aromatic heterocycles. The van der Waals surface area contributed by atoms with Crippen LogP contribution in [0.4, 0.5) is 50.9 Å². The number of hydrogen-bond acceptors (Lipinski definition) is 3. The first kappa shape index (κ1) is 31.9. The van der Waals surface area contributed by atoms with Crippen LogP contribution in [0.15, 0.2) is 63.5 Å². The third-order valence-corrected chi connectivity index (χ3v) is 6.79. The zero-order valence-electron chi connectivity index (χ0n) is 19.8. The van der Waals surface area contributed by atoms with Crippen LogP contribution in [0.1, 0.15) is 26.3 Å². The lowest BCUT2D eigenvalue weighted by Crippen LogP contribution is -2.50. The molecule has 0 aliphatic heterocycles. The van der Waals surface area contributed by atoms with Gasteiger partial charge in [-0.2, -0.15) is 31.6 Å². The quantitative estimate of drug-likeness (QED) is 0.207. The van der Waals surface area contributed by atoms with Crippen LogP contribution in [0.25, 0.3) is 0 Å². The molecule has 0 spiro atoms. The number of carbonyl (C=O) groups is 2. The van der Waals surface area contributed by atoms with Crippen molar-refractivity contribution in [3.05, 3.63) is 91.9 Å². The summed E-state index contributed by atoms with van der Waals surface area (Å²) in [7, 11) is 0. The summed E-state index contributed by atoms with van der Waals surface area (Å²) in [4.78, 5) is 26.5. The van der Waals surface area contributed by atoms with Gasteiger partial charge in [0.15, 0.2) is 5.82 Å². The summed E-state index contributed by atoms with van der Waals surface area (Å²) >= 11 is 5.39. The predicted molar refractivity (Wildman–Crippen MR) is 135 cm³/mol. The second-order valence-corrected chi connectivity index (χ2v) is 9.83. The molecule has 0 saturated carbocycles. The normalized spacial score (nSPS) is 12.0. The van der Waals surface area contributed by atoms with Crippen molar-refractivity contribution in [1.82, 2.24) is 0 Å². The van der Waals surface area contributed by atoms with Gasteiger partial charge in [-0.1, -0.05) is 6.07 Å². The van der Waals surface area contributed by atoms with E-state index >= 15 is 4.39 Å². The van der Waals surface area contributed by atoms with Gasteiger partial charge in [-0.15, -0.1) is 0 Å². The second-order valence-electron chi connectivity index (χ2n) is 8.12. The predicted octanol–water partition coefficient (Wildman–Crippen LogP) is 8.20. The first-order valence-electron chi connectivity index (χ1n) is 10.8. The van der Waals surface area contributed by atoms with E-state index in [-0.39, 0.29) is 17.7 Å². The fraction of sp³-hybridized carbons (Fsp3) is 0.160. The van der Waals surface area contributed by atoms with Crippen molar-refractivity contribution in [3.8, 4) is 6.07 Å².